The number of thiocarbonyl (C=S) groups is 1. The molecule has 0 unspecified atom stereocenters. The standard InChI is InChI=1S/C14H22N2S/c1-3-5-9-16(4-2)11-12-7-6-8-13(10-12)14(15)17/h6-8,10H,3-5,9,11H2,1-2H3,(H2,15,17). The first kappa shape index (κ1) is 14.1. The van der Waals surface area contributed by atoms with E-state index in [1.54, 1.807) is 0 Å². The normalized spacial score (nSPS) is 10.8. The minimum atomic E-state index is 0.475. The van der Waals surface area contributed by atoms with Crippen LogP contribution in [0.4, 0.5) is 0 Å². The fourth-order valence-corrected chi connectivity index (χ4v) is 1.94. The molecule has 0 fully saturated rings. The van der Waals surface area contributed by atoms with Gasteiger partial charge < -0.3 is 5.73 Å². The van der Waals surface area contributed by atoms with Gasteiger partial charge in [0.2, 0.25) is 0 Å². The Morgan fingerprint density at radius 3 is 2.71 bits per heavy atom. The molecule has 1 aromatic carbocycles. The van der Waals surface area contributed by atoms with E-state index in [4.69, 9.17) is 18.0 Å². The van der Waals surface area contributed by atoms with Gasteiger partial charge >= 0.3 is 0 Å². The molecule has 1 rings (SSSR count). The van der Waals surface area contributed by atoms with E-state index in [0.29, 0.717) is 4.99 Å². The van der Waals surface area contributed by atoms with Gasteiger partial charge in [0.25, 0.3) is 0 Å². The third-order valence-corrected chi connectivity index (χ3v) is 3.13. The van der Waals surface area contributed by atoms with Crippen LogP contribution in [0, 0.1) is 0 Å². The largest absolute Gasteiger partial charge is 0.389 e. The topological polar surface area (TPSA) is 29.3 Å². The van der Waals surface area contributed by atoms with Gasteiger partial charge in [-0.3, -0.25) is 4.90 Å². The zero-order valence-corrected chi connectivity index (χ0v) is 11.6. The van der Waals surface area contributed by atoms with Gasteiger partial charge in [-0.25, -0.2) is 0 Å². The van der Waals surface area contributed by atoms with Crippen LogP contribution in [-0.4, -0.2) is 23.0 Å². The molecule has 0 heterocycles. The molecule has 0 spiro atoms. The lowest BCUT2D eigenvalue weighted by Crippen LogP contribution is -2.24. The van der Waals surface area contributed by atoms with Crippen LogP contribution in [0.25, 0.3) is 0 Å². The molecule has 0 aliphatic rings. The molecule has 0 aromatic heterocycles. The summed E-state index contributed by atoms with van der Waals surface area (Å²) in [6.07, 6.45) is 2.49. The van der Waals surface area contributed by atoms with E-state index < -0.39 is 0 Å². The number of benzene rings is 1. The third kappa shape index (κ3) is 4.84. The summed E-state index contributed by atoms with van der Waals surface area (Å²) in [4.78, 5) is 2.92. The molecule has 1 aromatic rings. The van der Waals surface area contributed by atoms with Gasteiger partial charge in [0.15, 0.2) is 0 Å². The van der Waals surface area contributed by atoms with Crippen molar-refractivity contribution in [2.45, 2.75) is 33.2 Å². The number of rotatable bonds is 7. The van der Waals surface area contributed by atoms with Gasteiger partial charge in [-0.05, 0) is 31.1 Å². The van der Waals surface area contributed by atoms with Crippen LogP contribution in [0.5, 0.6) is 0 Å². The monoisotopic (exact) mass is 250 g/mol. The first-order valence-electron chi connectivity index (χ1n) is 6.28. The summed E-state index contributed by atoms with van der Waals surface area (Å²) >= 11 is 5.00. The Labute approximate surface area is 110 Å². The van der Waals surface area contributed by atoms with Crippen molar-refractivity contribution in [3.8, 4) is 0 Å². The highest BCUT2D eigenvalue weighted by Crippen LogP contribution is 2.09. The van der Waals surface area contributed by atoms with Gasteiger partial charge in [0.05, 0.1) is 0 Å². The Hall–Kier alpha value is -0.930. The number of hydrogen-bond donors (Lipinski definition) is 1. The molecule has 94 valence electrons. The Balaban J connectivity index is 2.65. The zero-order chi connectivity index (χ0) is 12.7. The van der Waals surface area contributed by atoms with Crippen molar-refractivity contribution in [3.63, 3.8) is 0 Å². The van der Waals surface area contributed by atoms with Crippen LogP contribution < -0.4 is 5.73 Å². The predicted molar refractivity (Wildman–Crippen MR) is 78.2 cm³/mol. The van der Waals surface area contributed by atoms with Crippen molar-refractivity contribution in [1.82, 2.24) is 4.90 Å². The summed E-state index contributed by atoms with van der Waals surface area (Å²) in [6, 6.07) is 8.22. The van der Waals surface area contributed by atoms with Gasteiger partial charge in [-0.1, -0.05) is 50.7 Å². The average molecular weight is 250 g/mol. The summed E-state index contributed by atoms with van der Waals surface area (Å²) in [6.45, 7) is 7.64. The maximum atomic E-state index is 5.64. The highest BCUT2D eigenvalue weighted by molar-refractivity contribution is 7.80. The molecular weight excluding hydrogens is 228 g/mol. The van der Waals surface area contributed by atoms with Crippen molar-refractivity contribution >= 4 is 17.2 Å². The molecule has 0 saturated carbocycles. The molecule has 17 heavy (non-hydrogen) atoms. The van der Waals surface area contributed by atoms with Crippen LogP contribution in [0.15, 0.2) is 24.3 Å². The van der Waals surface area contributed by atoms with Crippen LogP contribution in [0.2, 0.25) is 0 Å². The predicted octanol–water partition coefficient (Wildman–Crippen LogP) is 2.94. The van der Waals surface area contributed by atoms with Crippen LogP contribution >= 0.6 is 12.2 Å². The summed E-state index contributed by atoms with van der Waals surface area (Å²) in [5.41, 5.74) is 7.89. The molecule has 0 radical (unpaired) electrons. The molecule has 2 nitrogen and oxygen atoms in total. The molecule has 0 aliphatic carbocycles. The number of nitrogens with zero attached hydrogens (tertiary/aromatic N) is 1. The summed E-state index contributed by atoms with van der Waals surface area (Å²) < 4.78 is 0. The minimum absolute atomic E-state index is 0.475. The second-order valence-electron chi connectivity index (χ2n) is 4.29. The Kier molecular flexibility index (Phi) is 6.16. The summed E-state index contributed by atoms with van der Waals surface area (Å²) in [7, 11) is 0. The average Bonchev–Trinajstić information content (AvgIpc) is 2.34. The van der Waals surface area contributed by atoms with Crippen molar-refractivity contribution < 1.29 is 0 Å². The first-order valence-corrected chi connectivity index (χ1v) is 6.69. The highest BCUT2D eigenvalue weighted by Gasteiger charge is 2.04. The van der Waals surface area contributed by atoms with E-state index in [1.807, 2.05) is 12.1 Å². The summed E-state index contributed by atoms with van der Waals surface area (Å²) in [5.74, 6) is 0. The van der Waals surface area contributed by atoms with Crippen LogP contribution in [-0.2, 0) is 6.54 Å². The van der Waals surface area contributed by atoms with E-state index in [1.165, 1.54) is 18.4 Å². The van der Waals surface area contributed by atoms with E-state index in [2.05, 4.69) is 30.9 Å². The Morgan fingerprint density at radius 2 is 2.12 bits per heavy atom. The summed E-state index contributed by atoms with van der Waals surface area (Å²) in [5, 5.41) is 0. The molecule has 2 N–H and O–H groups in total. The van der Waals surface area contributed by atoms with E-state index >= 15 is 0 Å². The number of nitrogens with two attached hydrogens (primary N) is 1. The smallest absolute Gasteiger partial charge is 0.103 e. The van der Waals surface area contributed by atoms with Crippen molar-refractivity contribution in [2.24, 2.45) is 5.73 Å². The van der Waals surface area contributed by atoms with Crippen LogP contribution in [0.3, 0.4) is 0 Å². The lowest BCUT2D eigenvalue weighted by Gasteiger charge is -2.20. The Morgan fingerprint density at radius 1 is 1.35 bits per heavy atom. The van der Waals surface area contributed by atoms with Gasteiger partial charge in [-0.2, -0.15) is 0 Å². The first-order chi connectivity index (χ1) is 8.17. The minimum Gasteiger partial charge on any atom is -0.389 e. The molecule has 0 saturated heterocycles. The zero-order valence-electron chi connectivity index (χ0n) is 10.8. The van der Waals surface area contributed by atoms with Gasteiger partial charge in [0, 0.05) is 12.1 Å². The third-order valence-electron chi connectivity index (χ3n) is 2.89. The molecular formula is C14H22N2S. The fraction of sp³-hybridized carbons (Fsp3) is 0.500. The van der Waals surface area contributed by atoms with Gasteiger partial charge in [-0.15, -0.1) is 0 Å². The van der Waals surface area contributed by atoms with E-state index in [-0.39, 0.29) is 0 Å². The van der Waals surface area contributed by atoms with Crippen molar-refractivity contribution in [1.29, 1.82) is 0 Å². The fourth-order valence-electron chi connectivity index (χ4n) is 1.81. The Bertz CT molecular complexity index is 363. The van der Waals surface area contributed by atoms with E-state index in [9.17, 15) is 0 Å². The molecule has 0 bridgehead atoms. The van der Waals surface area contributed by atoms with Crippen molar-refractivity contribution in [3.05, 3.63) is 35.4 Å². The SMILES string of the molecule is CCCCN(CC)Cc1cccc(C(N)=S)c1. The number of hydrogen-bond acceptors (Lipinski definition) is 2. The second-order valence-corrected chi connectivity index (χ2v) is 4.73. The quantitative estimate of drug-likeness (QED) is 0.754. The highest BCUT2D eigenvalue weighted by atomic mass is 32.1. The second kappa shape index (κ2) is 7.41. The van der Waals surface area contributed by atoms with E-state index in [0.717, 1.165) is 25.2 Å². The lowest BCUT2D eigenvalue weighted by molar-refractivity contribution is 0.275. The van der Waals surface area contributed by atoms with Crippen LogP contribution in [0.1, 0.15) is 37.8 Å². The maximum absolute atomic E-state index is 5.64. The lowest BCUT2D eigenvalue weighted by atomic mass is 10.1. The molecule has 3 heteroatoms. The maximum Gasteiger partial charge on any atom is 0.103 e. The number of unbranched alkanes of at least 4 members (excludes halogenated alkanes) is 1. The molecule has 0 aliphatic heterocycles. The molecule has 0 amide bonds. The molecule has 0 atom stereocenters. The van der Waals surface area contributed by atoms with Crippen molar-refractivity contribution in [2.75, 3.05) is 13.1 Å². The van der Waals surface area contributed by atoms with Gasteiger partial charge in [0.1, 0.15) is 4.99 Å².